The van der Waals surface area contributed by atoms with Gasteiger partial charge in [0.2, 0.25) is 0 Å². The van der Waals surface area contributed by atoms with Crippen LogP contribution in [0.5, 0.6) is 0 Å². The van der Waals surface area contributed by atoms with Crippen LogP contribution in [0.4, 0.5) is 0 Å². The van der Waals surface area contributed by atoms with Gasteiger partial charge in [0, 0.05) is 13.2 Å². The van der Waals surface area contributed by atoms with Crippen LogP contribution in [0.2, 0.25) is 0 Å². The van der Waals surface area contributed by atoms with E-state index >= 15 is 0 Å². The molecule has 20 heavy (non-hydrogen) atoms. The number of carbonyl (C=O) groups excluding carboxylic acids is 1. The summed E-state index contributed by atoms with van der Waals surface area (Å²) in [7, 11) is 0. The third kappa shape index (κ3) is 3.23. The maximum Gasteiger partial charge on any atom is 0.324 e. The van der Waals surface area contributed by atoms with Crippen LogP contribution in [-0.2, 0) is 19.7 Å². The van der Waals surface area contributed by atoms with Gasteiger partial charge in [0.1, 0.15) is 4.83 Å². The smallest absolute Gasteiger partial charge is 0.324 e. The lowest BCUT2D eigenvalue weighted by Gasteiger charge is -2.36. The quantitative estimate of drug-likeness (QED) is 0.618. The van der Waals surface area contributed by atoms with Gasteiger partial charge in [-0.2, -0.15) is 0 Å². The van der Waals surface area contributed by atoms with E-state index in [1.807, 2.05) is 25.1 Å². The van der Waals surface area contributed by atoms with Crippen molar-refractivity contribution in [2.45, 2.75) is 36.9 Å². The molecule has 4 heteroatoms. The van der Waals surface area contributed by atoms with Crippen LogP contribution in [0.25, 0.3) is 0 Å². The molecule has 1 aromatic rings. The van der Waals surface area contributed by atoms with Gasteiger partial charge in [-0.15, -0.1) is 0 Å². The van der Waals surface area contributed by atoms with Crippen LogP contribution in [-0.4, -0.2) is 25.8 Å². The van der Waals surface area contributed by atoms with Crippen molar-refractivity contribution in [2.75, 3.05) is 19.8 Å². The second-order valence-electron chi connectivity index (χ2n) is 5.37. The summed E-state index contributed by atoms with van der Waals surface area (Å²) in [4.78, 5) is 11.6. The molecule has 3 nitrogen and oxygen atoms in total. The number of ether oxygens (including phenoxy) is 2. The third-order valence-corrected chi connectivity index (χ3v) is 4.84. The van der Waals surface area contributed by atoms with Gasteiger partial charge in [-0.25, -0.2) is 0 Å². The highest BCUT2D eigenvalue weighted by Crippen LogP contribution is 2.40. The molecule has 0 saturated carbocycles. The van der Waals surface area contributed by atoms with Crippen molar-refractivity contribution < 1.29 is 14.3 Å². The Bertz CT molecular complexity index is 467. The number of alkyl halides is 1. The zero-order valence-electron chi connectivity index (χ0n) is 12.0. The van der Waals surface area contributed by atoms with E-state index in [-0.39, 0.29) is 11.4 Å². The summed E-state index contributed by atoms with van der Waals surface area (Å²) in [6.07, 6.45) is 1.96. The summed E-state index contributed by atoms with van der Waals surface area (Å²) >= 11 is 3.49. The number of esters is 1. The molecule has 1 atom stereocenters. The van der Waals surface area contributed by atoms with Crippen molar-refractivity contribution in [3.05, 3.63) is 35.4 Å². The van der Waals surface area contributed by atoms with Gasteiger partial charge in [0.05, 0.1) is 6.61 Å². The molecule has 1 saturated heterocycles. The molecule has 0 bridgehead atoms. The molecular formula is C16H21BrO3. The average Bonchev–Trinajstić information content (AvgIpc) is 2.47. The fourth-order valence-electron chi connectivity index (χ4n) is 2.70. The van der Waals surface area contributed by atoms with Gasteiger partial charge < -0.3 is 9.47 Å². The maximum atomic E-state index is 12.0. The molecule has 1 heterocycles. The Hall–Kier alpha value is -0.870. The lowest BCUT2D eigenvalue weighted by molar-refractivity contribution is -0.142. The summed E-state index contributed by atoms with van der Waals surface area (Å²) in [5.41, 5.74) is 2.29. The van der Waals surface area contributed by atoms with Crippen LogP contribution >= 0.6 is 15.9 Å². The summed E-state index contributed by atoms with van der Waals surface area (Å²) < 4.78 is 10.6. The summed E-state index contributed by atoms with van der Waals surface area (Å²) in [5, 5.41) is 0. The first kappa shape index (κ1) is 15.5. The van der Waals surface area contributed by atoms with Crippen molar-refractivity contribution in [1.29, 1.82) is 0 Å². The number of carbonyl (C=O) groups is 1. The molecule has 1 aliphatic heterocycles. The lowest BCUT2D eigenvalue weighted by atomic mass is 9.74. The fraction of sp³-hybridized carbons (Fsp3) is 0.562. The first-order valence-electron chi connectivity index (χ1n) is 7.06. The van der Waals surface area contributed by atoms with Crippen LogP contribution in [0.1, 0.15) is 42.6 Å². The minimum Gasteiger partial charge on any atom is -0.465 e. The minimum atomic E-state index is -0.404. The Balaban J connectivity index is 2.32. The predicted molar refractivity (Wildman–Crippen MR) is 82.1 cm³/mol. The normalized spacial score (nSPS) is 19.4. The standard InChI is InChI=1S/C16H21BrO3/c1-3-20-15(18)14(17)12-6-4-5-7-13(12)16(2)8-10-19-11-9-16/h4-7,14H,3,8-11H2,1-2H3. The van der Waals surface area contributed by atoms with Gasteiger partial charge in [-0.05, 0) is 36.3 Å². The Kier molecular flexibility index (Phi) is 5.22. The number of hydrogen-bond acceptors (Lipinski definition) is 3. The van der Waals surface area contributed by atoms with E-state index in [2.05, 4.69) is 28.9 Å². The largest absolute Gasteiger partial charge is 0.465 e. The molecule has 110 valence electrons. The molecule has 0 radical (unpaired) electrons. The molecule has 0 spiro atoms. The zero-order chi connectivity index (χ0) is 14.6. The highest BCUT2D eigenvalue weighted by Gasteiger charge is 2.34. The zero-order valence-corrected chi connectivity index (χ0v) is 13.6. The van der Waals surface area contributed by atoms with Gasteiger partial charge in [-0.1, -0.05) is 47.1 Å². The average molecular weight is 341 g/mol. The predicted octanol–water partition coefficient (Wildman–Crippen LogP) is 3.75. The van der Waals surface area contributed by atoms with E-state index in [1.54, 1.807) is 0 Å². The van der Waals surface area contributed by atoms with Crippen LogP contribution in [0, 0.1) is 0 Å². The number of hydrogen-bond donors (Lipinski definition) is 0. The van der Waals surface area contributed by atoms with E-state index in [0.717, 1.165) is 31.6 Å². The monoisotopic (exact) mass is 340 g/mol. The van der Waals surface area contributed by atoms with Crippen LogP contribution in [0.15, 0.2) is 24.3 Å². The molecule has 1 aliphatic rings. The van der Waals surface area contributed by atoms with E-state index < -0.39 is 4.83 Å². The Labute approximate surface area is 128 Å². The van der Waals surface area contributed by atoms with E-state index in [0.29, 0.717) is 6.61 Å². The van der Waals surface area contributed by atoms with Gasteiger partial charge in [-0.3, -0.25) is 4.79 Å². The van der Waals surface area contributed by atoms with Crippen molar-refractivity contribution in [3.63, 3.8) is 0 Å². The molecule has 1 unspecified atom stereocenters. The summed E-state index contributed by atoms with van der Waals surface area (Å²) in [5.74, 6) is -0.226. The molecule has 0 N–H and O–H groups in total. The van der Waals surface area contributed by atoms with E-state index in [9.17, 15) is 4.79 Å². The summed E-state index contributed by atoms with van der Waals surface area (Å²) in [6.45, 7) is 6.02. The highest BCUT2D eigenvalue weighted by molar-refractivity contribution is 9.09. The first-order valence-corrected chi connectivity index (χ1v) is 7.98. The molecule has 0 aliphatic carbocycles. The SMILES string of the molecule is CCOC(=O)C(Br)c1ccccc1C1(C)CCOCC1. The highest BCUT2D eigenvalue weighted by atomic mass is 79.9. The topological polar surface area (TPSA) is 35.5 Å². The van der Waals surface area contributed by atoms with E-state index in [4.69, 9.17) is 9.47 Å². The summed E-state index contributed by atoms with van der Waals surface area (Å²) in [6, 6.07) is 8.12. The van der Waals surface area contributed by atoms with Gasteiger partial charge in [0.15, 0.2) is 0 Å². The second kappa shape index (κ2) is 6.72. The Morgan fingerprint density at radius 2 is 2.05 bits per heavy atom. The third-order valence-electron chi connectivity index (χ3n) is 3.97. The lowest BCUT2D eigenvalue weighted by Crippen LogP contribution is -2.32. The Morgan fingerprint density at radius 1 is 1.40 bits per heavy atom. The van der Waals surface area contributed by atoms with Crippen molar-refractivity contribution in [3.8, 4) is 0 Å². The first-order chi connectivity index (χ1) is 9.58. The van der Waals surface area contributed by atoms with Crippen molar-refractivity contribution in [1.82, 2.24) is 0 Å². The molecule has 1 fully saturated rings. The minimum absolute atomic E-state index is 0.0629. The van der Waals surface area contributed by atoms with Crippen LogP contribution < -0.4 is 0 Å². The molecule has 0 amide bonds. The van der Waals surface area contributed by atoms with Crippen molar-refractivity contribution >= 4 is 21.9 Å². The van der Waals surface area contributed by atoms with Crippen LogP contribution in [0.3, 0.4) is 0 Å². The molecule has 1 aromatic carbocycles. The number of benzene rings is 1. The second-order valence-corrected chi connectivity index (χ2v) is 6.29. The Morgan fingerprint density at radius 3 is 2.70 bits per heavy atom. The molecular weight excluding hydrogens is 320 g/mol. The van der Waals surface area contributed by atoms with Crippen molar-refractivity contribution in [2.24, 2.45) is 0 Å². The number of rotatable bonds is 4. The molecule has 2 rings (SSSR count). The van der Waals surface area contributed by atoms with E-state index in [1.165, 1.54) is 5.56 Å². The molecule has 0 aromatic heterocycles. The van der Waals surface area contributed by atoms with Gasteiger partial charge >= 0.3 is 5.97 Å². The maximum absolute atomic E-state index is 12.0. The fourth-order valence-corrected chi connectivity index (χ4v) is 3.23. The number of halogens is 1. The van der Waals surface area contributed by atoms with Gasteiger partial charge in [0.25, 0.3) is 0 Å².